The molecule has 0 spiro atoms. The number of hydrogen-bond acceptors (Lipinski definition) is 4. The molecule has 2 N–H and O–H groups in total. The molecule has 1 saturated heterocycles. The van der Waals surface area contributed by atoms with E-state index in [1.54, 1.807) is 42.5 Å². The molecule has 3 aromatic rings. The molecule has 0 bridgehead atoms. The Morgan fingerprint density at radius 3 is 2.37 bits per heavy atom. The minimum Gasteiger partial charge on any atom is -0.508 e. The zero-order chi connectivity index (χ0) is 21.4. The molecular weight excluding hydrogens is 398 g/mol. The van der Waals surface area contributed by atoms with Gasteiger partial charge in [0.05, 0.1) is 5.69 Å². The van der Waals surface area contributed by atoms with Crippen LogP contribution in [-0.4, -0.2) is 26.6 Å². The SMILES string of the molecule is Cc1ccc(N2C(=O)/C(=C/c3cccn3-c3ccc(O)cc3)C(=O)NC2=S)cc1C. The Labute approximate surface area is 179 Å². The highest BCUT2D eigenvalue weighted by molar-refractivity contribution is 7.80. The van der Waals surface area contributed by atoms with E-state index in [9.17, 15) is 14.7 Å². The molecule has 2 amide bonds. The Bertz CT molecular complexity index is 1210. The standard InChI is InChI=1S/C23H19N3O3S/c1-14-5-6-18(12-15(14)2)26-22(29)20(21(28)24-23(26)30)13-17-4-3-11-25(17)16-7-9-19(27)10-8-16/h3-13,27H,1-2H3,(H,24,28,30)/b20-13+. The van der Waals surface area contributed by atoms with Gasteiger partial charge in [-0.3, -0.25) is 19.8 Å². The van der Waals surface area contributed by atoms with E-state index in [1.807, 2.05) is 42.8 Å². The number of benzene rings is 2. The molecule has 2 heterocycles. The van der Waals surface area contributed by atoms with E-state index in [0.717, 1.165) is 16.8 Å². The van der Waals surface area contributed by atoms with Gasteiger partial charge in [0.2, 0.25) is 0 Å². The van der Waals surface area contributed by atoms with Gasteiger partial charge in [-0.1, -0.05) is 6.07 Å². The average molecular weight is 417 g/mol. The zero-order valence-electron chi connectivity index (χ0n) is 16.4. The highest BCUT2D eigenvalue weighted by Gasteiger charge is 2.34. The second kappa shape index (κ2) is 7.61. The molecule has 0 radical (unpaired) electrons. The molecule has 7 heteroatoms. The fourth-order valence-corrected chi connectivity index (χ4v) is 3.55. The topological polar surface area (TPSA) is 74.6 Å². The molecule has 0 saturated carbocycles. The van der Waals surface area contributed by atoms with Crippen LogP contribution >= 0.6 is 12.2 Å². The van der Waals surface area contributed by atoms with Gasteiger partial charge in [0.1, 0.15) is 11.3 Å². The van der Waals surface area contributed by atoms with Crippen molar-refractivity contribution in [2.24, 2.45) is 0 Å². The number of thiocarbonyl (C=S) groups is 1. The van der Waals surface area contributed by atoms with E-state index in [-0.39, 0.29) is 16.4 Å². The summed E-state index contributed by atoms with van der Waals surface area (Å²) in [4.78, 5) is 27.1. The van der Waals surface area contributed by atoms with Gasteiger partial charge in [-0.2, -0.15) is 0 Å². The van der Waals surface area contributed by atoms with Gasteiger partial charge in [-0.25, -0.2) is 0 Å². The predicted octanol–water partition coefficient (Wildman–Crippen LogP) is 3.63. The normalized spacial score (nSPS) is 15.6. The van der Waals surface area contributed by atoms with E-state index < -0.39 is 11.8 Å². The summed E-state index contributed by atoms with van der Waals surface area (Å²) in [6.45, 7) is 3.94. The second-order valence-electron chi connectivity index (χ2n) is 7.05. The van der Waals surface area contributed by atoms with Crippen LogP contribution in [0.2, 0.25) is 0 Å². The highest BCUT2D eigenvalue weighted by Crippen LogP contribution is 2.25. The first-order valence-corrected chi connectivity index (χ1v) is 9.71. The van der Waals surface area contributed by atoms with Gasteiger partial charge >= 0.3 is 0 Å². The lowest BCUT2D eigenvalue weighted by Gasteiger charge is -2.29. The third-order valence-corrected chi connectivity index (χ3v) is 5.34. The van der Waals surface area contributed by atoms with Crippen molar-refractivity contribution in [3.63, 3.8) is 0 Å². The van der Waals surface area contributed by atoms with Crippen LogP contribution in [0.15, 0.2) is 66.4 Å². The van der Waals surface area contributed by atoms with Crippen LogP contribution in [0.4, 0.5) is 5.69 Å². The minimum absolute atomic E-state index is 0.0134. The highest BCUT2D eigenvalue weighted by atomic mass is 32.1. The molecule has 1 fully saturated rings. The zero-order valence-corrected chi connectivity index (χ0v) is 17.2. The second-order valence-corrected chi connectivity index (χ2v) is 7.43. The number of anilines is 1. The Morgan fingerprint density at radius 1 is 0.967 bits per heavy atom. The monoisotopic (exact) mass is 417 g/mol. The predicted molar refractivity (Wildman–Crippen MR) is 120 cm³/mol. The van der Waals surface area contributed by atoms with Crippen molar-refractivity contribution >= 4 is 40.9 Å². The summed E-state index contributed by atoms with van der Waals surface area (Å²) in [7, 11) is 0. The Hall–Kier alpha value is -3.71. The maximum absolute atomic E-state index is 13.2. The van der Waals surface area contributed by atoms with E-state index >= 15 is 0 Å². The largest absolute Gasteiger partial charge is 0.508 e. The molecule has 30 heavy (non-hydrogen) atoms. The lowest BCUT2D eigenvalue weighted by atomic mass is 10.1. The first kappa shape index (κ1) is 19.6. The fraction of sp³-hybridized carbons (Fsp3) is 0.0870. The van der Waals surface area contributed by atoms with Crippen molar-refractivity contribution in [2.45, 2.75) is 13.8 Å². The summed E-state index contributed by atoms with van der Waals surface area (Å²) in [5.74, 6) is -0.862. The van der Waals surface area contributed by atoms with Crippen LogP contribution in [0.5, 0.6) is 5.75 Å². The number of nitrogens with one attached hydrogen (secondary N) is 1. The van der Waals surface area contributed by atoms with Crippen LogP contribution in [0.1, 0.15) is 16.8 Å². The smallest absolute Gasteiger partial charge is 0.270 e. The van der Waals surface area contributed by atoms with E-state index in [2.05, 4.69) is 5.32 Å². The summed E-state index contributed by atoms with van der Waals surface area (Å²) >= 11 is 5.27. The van der Waals surface area contributed by atoms with Crippen molar-refractivity contribution in [2.75, 3.05) is 4.90 Å². The number of hydrogen-bond donors (Lipinski definition) is 2. The number of nitrogens with zero attached hydrogens (tertiary/aromatic N) is 2. The molecule has 6 nitrogen and oxygen atoms in total. The lowest BCUT2D eigenvalue weighted by molar-refractivity contribution is -0.122. The molecule has 1 aliphatic rings. The first-order chi connectivity index (χ1) is 14.3. The number of phenolic OH excluding ortho intramolecular Hbond substituents is 1. The maximum Gasteiger partial charge on any atom is 0.270 e. The third-order valence-electron chi connectivity index (χ3n) is 5.05. The molecule has 150 valence electrons. The number of phenols is 1. The van der Waals surface area contributed by atoms with Gasteiger partial charge in [0, 0.05) is 17.6 Å². The molecular formula is C23H19N3O3S. The van der Waals surface area contributed by atoms with Crippen molar-refractivity contribution < 1.29 is 14.7 Å². The number of amides is 2. The summed E-state index contributed by atoms with van der Waals surface area (Å²) in [5, 5.41) is 12.2. The summed E-state index contributed by atoms with van der Waals surface area (Å²) < 4.78 is 1.82. The number of aryl methyl sites for hydroxylation is 2. The Kier molecular flexibility index (Phi) is 4.97. The van der Waals surface area contributed by atoms with Crippen molar-refractivity contribution in [1.29, 1.82) is 0 Å². The quantitative estimate of drug-likeness (QED) is 0.388. The number of carbonyl (C=O) groups is 2. The summed E-state index contributed by atoms with van der Waals surface area (Å²) in [6, 6.07) is 15.8. The van der Waals surface area contributed by atoms with Crippen LogP contribution in [-0.2, 0) is 9.59 Å². The fourth-order valence-electron chi connectivity index (χ4n) is 3.26. The van der Waals surface area contributed by atoms with Gasteiger partial charge in [0.15, 0.2) is 5.11 Å². The van der Waals surface area contributed by atoms with Gasteiger partial charge in [-0.05, 0) is 91.8 Å². The van der Waals surface area contributed by atoms with Crippen molar-refractivity contribution in [3.8, 4) is 11.4 Å². The minimum atomic E-state index is -0.538. The van der Waals surface area contributed by atoms with Crippen LogP contribution in [0, 0.1) is 13.8 Å². The molecule has 0 aliphatic carbocycles. The molecule has 1 aliphatic heterocycles. The molecule has 0 atom stereocenters. The van der Waals surface area contributed by atoms with Gasteiger partial charge in [-0.15, -0.1) is 0 Å². The van der Waals surface area contributed by atoms with Gasteiger partial charge in [0.25, 0.3) is 11.8 Å². The maximum atomic E-state index is 13.2. The van der Waals surface area contributed by atoms with Crippen LogP contribution in [0.25, 0.3) is 11.8 Å². The van der Waals surface area contributed by atoms with Crippen LogP contribution in [0.3, 0.4) is 0 Å². The Balaban J connectivity index is 1.74. The van der Waals surface area contributed by atoms with Gasteiger partial charge < -0.3 is 9.67 Å². The average Bonchev–Trinajstić information content (AvgIpc) is 3.16. The van der Waals surface area contributed by atoms with Crippen LogP contribution < -0.4 is 10.2 Å². The molecule has 2 aromatic carbocycles. The van der Waals surface area contributed by atoms with Crippen molar-refractivity contribution in [1.82, 2.24) is 9.88 Å². The summed E-state index contributed by atoms with van der Waals surface area (Å²) in [6.07, 6.45) is 3.36. The number of aromatic hydroxyl groups is 1. The number of aromatic nitrogens is 1. The third kappa shape index (κ3) is 3.51. The van der Waals surface area contributed by atoms with E-state index in [4.69, 9.17) is 12.2 Å². The lowest BCUT2D eigenvalue weighted by Crippen LogP contribution is -2.54. The molecule has 4 rings (SSSR count). The van der Waals surface area contributed by atoms with E-state index in [1.165, 1.54) is 4.90 Å². The number of carbonyl (C=O) groups excluding carboxylic acids is 2. The van der Waals surface area contributed by atoms with E-state index in [0.29, 0.717) is 11.4 Å². The first-order valence-electron chi connectivity index (χ1n) is 9.30. The Morgan fingerprint density at radius 2 is 1.67 bits per heavy atom. The number of rotatable bonds is 3. The summed E-state index contributed by atoms with van der Waals surface area (Å²) in [5.41, 5.74) is 4.14. The molecule has 0 unspecified atom stereocenters. The van der Waals surface area contributed by atoms with Crippen molar-refractivity contribution in [3.05, 3.63) is 83.2 Å². The molecule has 1 aromatic heterocycles.